The number of likely N-dealkylation sites (tertiary alicyclic amines) is 1. The van der Waals surface area contributed by atoms with Gasteiger partial charge in [-0.25, -0.2) is 8.78 Å². The van der Waals surface area contributed by atoms with Gasteiger partial charge in [-0.1, -0.05) is 0 Å². The van der Waals surface area contributed by atoms with Crippen LogP contribution in [-0.2, 0) is 4.74 Å². The van der Waals surface area contributed by atoms with E-state index in [0.717, 1.165) is 19.4 Å². The van der Waals surface area contributed by atoms with Crippen LogP contribution in [0.5, 0.6) is 0 Å². The fourth-order valence-electron chi connectivity index (χ4n) is 2.04. The van der Waals surface area contributed by atoms with Gasteiger partial charge in [0.25, 0.3) is 5.92 Å². The fraction of sp³-hybridized carbons (Fsp3) is 1.00. The van der Waals surface area contributed by atoms with Crippen LogP contribution in [0.4, 0.5) is 8.78 Å². The highest BCUT2D eigenvalue weighted by Gasteiger charge is 2.38. The van der Waals surface area contributed by atoms with Crippen molar-refractivity contribution in [2.75, 3.05) is 26.2 Å². The number of halogens is 2. The minimum Gasteiger partial charge on any atom is -0.377 e. The van der Waals surface area contributed by atoms with Crippen molar-refractivity contribution in [1.29, 1.82) is 0 Å². The maximum Gasteiger partial charge on any atom is 0.261 e. The summed E-state index contributed by atoms with van der Waals surface area (Å²) < 4.78 is 31.0. The second kappa shape index (κ2) is 3.50. The Hall–Kier alpha value is -0.220. The molecule has 2 nitrogen and oxygen atoms in total. The zero-order chi connectivity index (χ0) is 9.31. The third-order valence-electron chi connectivity index (χ3n) is 2.73. The zero-order valence-electron chi connectivity index (χ0n) is 7.64. The molecule has 0 aromatic heterocycles. The van der Waals surface area contributed by atoms with Crippen molar-refractivity contribution in [1.82, 2.24) is 4.90 Å². The topological polar surface area (TPSA) is 12.5 Å². The van der Waals surface area contributed by atoms with Gasteiger partial charge in [-0.3, -0.25) is 4.90 Å². The molecule has 1 unspecified atom stereocenters. The summed E-state index contributed by atoms with van der Waals surface area (Å²) in [6.07, 6.45) is 2.32. The highest BCUT2D eigenvalue weighted by Crippen LogP contribution is 2.27. The molecule has 0 radical (unpaired) electrons. The lowest BCUT2D eigenvalue weighted by Gasteiger charge is -2.19. The Morgan fingerprint density at radius 1 is 1.46 bits per heavy atom. The van der Waals surface area contributed by atoms with Crippen LogP contribution >= 0.6 is 0 Å². The van der Waals surface area contributed by atoms with Crippen molar-refractivity contribution in [3.05, 3.63) is 0 Å². The second-order valence-corrected chi connectivity index (χ2v) is 3.98. The van der Waals surface area contributed by atoms with Crippen molar-refractivity contribution < 1.29 is 13.5 Å². The van der Waals surface area contributed by atoms with Crippen LogP contribution in [0, 0.1) is 0 Å². The largest absolute Gasteiger partial charge is 0.377 e. The quantitative estimate of drug-likeness (QED) is 0.656. The van der Waals surface area contributed by atoms with E-state index in [1.54, 1.807) is 0 Å². The zero-order valence-corrected chi connectivity index (χ0v) is 7.64. The van der Waals surface area contributed by atoms with Crippen LogP contribution in [0.15, 0.2) is 0 Å². The number of nitrogens with zero attached hydrogens (tertiary/aromatic N) is 1. The van der Waals surface area contributed by atoms with Gasteiger partial charge in [0, 0.05) is 26.1 Å². The Labute approximate surface area is 76.9 Å². The number of hydrogen-bond acceptors (Lipinski definition) is 2. The minimum absolute atomic E-state index is 0.0136. The number of alkyl halides is 2. The van der Waals surface area contributed by atoms with Crippen LogP contribution in [0.1, 0.15) is 19.3 Å². The molecule has 2 heterocycles. The molecule has 0 aromatic carbocycles. The minimum atomic E-state index is -2.46. The van der Waals surface area contributed by atoms with E-state index in [1.165, 1.54) is 0 Å². The summed E-state index contributed by atoms with van der Waals surface area (Å²) in [6.45, 7) is 1.93. The molecule has 4 heteroatoms. The summed E-state index contributed by atoms with van der Waals surface area (Å²) in [6, 6.07) is 0. The molecule has 2 saturated heterocycles. The van der Waals surface area contributed by atoms with Crippen LogP contribution < -0.4 is 0 Å². The van der Waals surface area contributed by atoms with Crippen molar-refractivity contribution >= 4 is 0 Å². The maximum absolute atomic E-state index is 12.8. The van der Waals surface area contributed by atoms with Gasteiger partial charge in [0.1, 0.15) is 0 Å². The number of ether oxygens (including phenoxy) is 1. The van der Waals surface area contributed by atoms with E-state index in [1.807, 2.05) is 4.90 Å². The van der Waals surface area contributed by atoms with Gasteiger partial charge in [0.05, 0.1) is 12.6 Å². The predicted molar refractivity (Wildman–Crippen MR) is 45.0 cm³/mol. The van der Waals surface area contributed by atoms with E-state index in [0.29, 0.717) is 13.1 Å². The van der Waals surface area contributed by atoms with Gasteiger partial charge >= 0.3 is 0 Å². The molecular formula is C9H15F2NO. The van der Waals surface area contributed by atoms with E-state index in [9.17, 15) is 8.78 Å². The Morgan fingerprint density at radius 2 is 2.31 bits per heavy atom. The molecule has 0 aromatic rings. The smallest absolute Gasteiger partial charge is 0.261 e. The van der Waals surface area contributed by atoms with Crippen LogP contribution in [0.25, 0.3) is 0 Å². The molecule has 0 saturated carbocycles. The highest BCUT2D eigenvalue weighted by molar-refractivity contribution is 4.83. The molecule has 1 atom stereocenters. The predicted octanol–water partition coefficient (Wildman–Crippen LogP) is 1.51. The first-order valence-electron chi connectivity index (χ1n) is 4.87. The Balaban J connectivity index is 1.77. The van der Waals surface area contributed by atoms with Crippen LogP contribution in [0.3, 0.4) is 0 Å². The van der Waals surface area contributed by atoms with E-state index < -0.39 is 5.92 Å². The molecule has 2 fully saturated rings. The molecule has 0 bridgehead atoms. The molecular weight excluding hydrogens is 176 g/mol. The van der Waals surface area contributed by atoms with E-state index >= 15 is 0 Å². The molecule has 2 aliphatic heterocycles. The lowest BCUT2D eigenvalue weighted by atomic mass is 10.2. The fourth-order valence-corrected chi connectivity index (χ4v) is 2.04. The number of rotatable bonds is 2. The summed E-state index contributed by atoms with van der Waals surface area (Å²) in [5, 5.41) is 0. The molecule has 13 heavy (non-hydrogen) atoms. The van der Waals surface area contributed by atoms with Gasteiger partial charge in [0.2, 0.25) is 0 Å². The maximum atomic E-state index is 12.8. The third-order valence-corrected chi connectivity index (χ3v) is 2.73. The van der Waals surface area contributed by atoms with Gasteiger partial charge < -0.3 is 4.74 Å². The average Bonchev–Trinajstić information content (AvgIpc) is 2.61. The van der Waals surface area contributed by atoms with Crippen molar-refractivity contribution in [2.45, 2.75) is 31.3 Å². The molecule has 0 N–H and O–H groups in total. The standard InChI is InChI=1S/C9H15F2NO/c10-9(11)3-4-12(7-9)6-8-2-1-5-13-8/h8H,1-7H2. The Morgan fingerprint density at radius 3 is 2.85 bits per heavy atom. The van der Waals surface area contributed by atoms with Crippen molar-refractivity contribution in [3.63, 3.8) is 0 Å². The summed E-state index contributed by atoms with van der Waals surface area (Å²) in [5.41, 5.74) is 0. The summed E-state index contributed by atoms with van der Waals surface area (Å²) in [7, 11) is 0. The molecule has 2 rings (SSSR count). The van der Waals surface area contributed by atoms with Crippen molar-refractivity contribution in [2.24, 2.45) is 0 Å². The highest BCUT2D eigenvalue weighted by atomic mass is 19.3. The average molecular weight is 191 g/mol. The summed E-state index contributed by atoms with van der Waals surface area (Å²) in [5.74, 6) is -2.46. The number of hydrogen-bond donors (Lipinski definition) is 0. The first kappa shape index (κ1) is 9.34. The molecule has 0 aliphatic carbocycles. The normalized spacial score (nSPS) is 34.2. The van der Waals surface area contributed by atoms with Gasteiger partial charge in [-0.2, -0.15) is 0 Å². The molecule has 2 aliphatic rings. The first-order valence-corrected chi connectivity index (χ1v) is 4.87. The summed E-state index contributed by atoms with van der Waals surface area (Å²) >= 11 is 0. The van der Waals surface area contributed by atoms with Gasteiger partial charge in [-0.05, 0) is 12.8 Å². The lowest BCUT2D eigenvalue weighted by Crippen LogP contribution is -2.32. The molecule has 76 valence electrons. The van der Waals surface area contributed by atoms with Crippen LogP contribution in [-0.4, -0.2) is 43.2 Å². The van der Waals surface area contributed by atoms with Gasteiger partial charge in [0.15, 0.2) is 0 Å². The van der Waals surface area contributed by atoms with Crippen molar-refractivity contribution in [3.8, 4) is 0 Å². The third kappa shape index (κ3) is 2.38. The monoisotopic (exact) mass is 191 g/mol. The lowest BCUT2D eigenvalue weighted by molar-refractivity contribution is 0.00547. The second-order valence-electron chi connectivity index (χ2n) is 3.98. The van der Waals surface area contributed by atoms with E-state index in [2.05, 4.69) is 0 Å². The first-order chi connectivity index (χ1) is 6.16. The molecule has 0 amide bonds. The van der Waals surface area contributed by atoms with E-state index in [-0.39, 0.29) is 19.1 Å². The summed E-state index contributed by atoms with van der Waals surface area (Å²) in [4.78, 5) is 1.82. The van der Waals surface area contributed by atoms with E-state index in [4.69, 9.17) is 4.74 Å². The van der Waals surface area contributed by atoms with Gasteiger partial charge in [-0.15, -0.1) is 0 Å². The van der Waals surface area contributed by atoms with Crippen LogP contribution in [0.2, 0.25) is 0 Å². The molecule has 0 spiro atoms. The Kier molecular flexibility index (Phi) is 2.51. The Bertz CT molecular complexity index is 180. The SMILES string of the molecule is FC1(F)CCN(CC2CCCO2)C1.